The molecule has 0 unspecified atom stereocenters. The number of alkyl halides is 1. The van der Waals surface area contributed by atoms with Gasteiger partial charge in [-0.25, -0.2) is 0 Å². The van der Waals surface area contributed by atoms with Crippen LogP contribution in [0, 0.1) is 0 Å². The molecule has 4 nitrogen and oxygen atoms in total. The summed E-state index contributed by atoms with van der Waals surface area (Å²) in [4.78, 5) is 4.28. The van der Waals surface area contributed by atoms with Crippen LogP contribution in [-0.2, 0) is 16.8 Å². The summed E-state index contributed by atoms with van der Waals surface area (Å²) in [5.41, 5.74) is -0.284. The van der Waals surface area contributed by atoms with Crippen molar-refractivity contribution in [2.45, 2.75) is 31.3 Å². The van der Waals surface area contributed by atoms with E-state index in [4.69, 9.17) is 20.9 Å². The van der Waals surface area contributed by atoms with E-state index in [1.54, 1.807) is 7.11 Å². The van der Waals surface area contributed by atoms with Crippen LogP contribution in [0.2, 0.25) is 0 Å². The van der Waals surface area contributed by atoms with Crippen LogP contribution in [0.3, 0.4) is 0 Å². The molecule has 0 amide bonds. The molecule has 1 aliphatic carbocycles. The summed E-state index contributed by atoms with van der Waals surface area (Å²) in [6.07, 6.45) is 3.73. The monoisotopic (exact) mass is 216 g/mol. The lowest BCUT2D eigenvalue weighted by Crippen LogP contribution is -2.37. The Kier molecular flexibility index (Phi) is 2.74. The first kappa shape index (κ1) is 9.93. The van der Waals surface area contributed by atoms with Gasteiger partial charge in [0, 0.05) is 19.4 Å². The van der Waals surface area contributed by atoms with Gasteiger partial charge in [-0.3, -0.25) is 0 Å². The molecule has 78 valence electrons. The molecule has 0 spiro atoms. The molecule has 14 heavy (non-hydrogen) atoms. The predicted octanol–water partition coefficient (Wildman–Crippen LogP) is 1.88. The highest BCUT2D eigenvalue weighted by Crippen LogP contribution is 2.42. The Labute approximate surface area is 87.6 Å². The summed E-state index contributed by atoms with van der Waals surface area (Å²) in [5.74, 6) is 1.77. The van der Waals surface area contributed by atoms with Gasteiger partial charge >= 0.3 is 0 Å². The van der Waals surface area contributed by atoms with Crippen LogP contribution in [0.1, 0.15) is 31.0 Å². The molecule has 0 radical (unpaired) electrons. The Morgan fingerprint density at radius 3 is 2.86 bits per heavy atom. The van der Waals surface area contributed by atoms with Gasteiger partial charge in [-0.1, -0.05) is 5.16 Å². The van der Waals surface area contributed by atoms with Gasteiger partial charge in [0.05, 0.1) is 0 Å². The molecule has 0 N–H and O–H groups in total. The molecular formula is C9H13ClN2O2. The summed E-state index contributed by atoms with van der Waals surface area (Å²) < 4.78 is 10.5. The number of halogens is 1. The van der Waals surface area contributed by atoms with Gasteiger partial charge < -0.3 is 9.26 Å². The summed E-state index contributed by atoms with van der Waals surface area (Å²) in [6, 6.07) is 0. The van der Waals surface area contributed by atoms with Crippen LogP contribution in [0.4, 0.5) is 0 Å². The lowest BCUT2D eigenvalue weighted by Gasteiger charge is -2.37. The van der Waals surface area contributed by atoms with E-state index < -0.39 is 0 Å². The summed E-state index contributed by atoms with van der Waals surface area (Å²) in [6.45, 7) is 0. The molecule has 0 aliphatic heterocycles. The average Bonchev–Trinajstić information content (AvgIpc) is 2.54. The van der Waals surface area contributed by atoms with Crippen molar-refractivity contribution in [3.63, 3.8) is 0 Å². The molecule has 1 fully saturated rings. The van der Waals surface area contributed by atoms with E-state index in [-0.39, 0.29) is 5.60 Å². The Bertz CT molecular complexity index is 304. The summed E-state index contributed by atoms with van der Waals surface area (Å²) in [7, 11) is 1.69. The maximum atomic E-state index is 5.58. The minimum absolute atomic E-state index is 0.284. The van der Waals surface area contributed by atoms with Gasteiger partial charge in [0.2, 0.25) is 11.7 Å². The lowest BCUT2D eigenvalue weighted by molar-refractivity contribution is -0.0858. The first-order valence-corrected chi connectivity index (χ1v) is 5.28. The molecule has 1 aromatic heterocycles. The van der Waals surface area contributed by atoms with Gasteiger partial charge in [0.1, 0.15) is 5.60 Å². The van der Waals surface area contributed by atoms with E-state index in [2.05, 4.69) is 10.1 Å². The number of nitrogens with zero attached hydrogens (tertiary/aromatic N) is 2. The van der Waals surface area contributed by atoms with E-state index in [9.17, 15) is 0 Å². The highest BCUT2D eigenvalue weighted by Gasteiger charge is 2.43. The van der Waals surface area contributed by atoms with Crippen LogP contribution >= 0.6 is 11.6 Å². The second-order valence-electron chi connectivity index (χ2n) is 3.50. The largest absolute Gasteiger partial charge is 0.370 e. The van der Waals surface area contributed by atoms with E-state index in [0.29, 0.717) is 24.0 Å². The number of methoxy groups -OCH3 is 1. The maximum absolute atomic E-state index is 5.58. The fourth-order valence-corrected chi connectivity index (χ4v) is 1.80. The third-order valence-electron chi connectivity index (χ3n) is 2.74. The second-order valence-corrected chi connectivity index (χ2v) is 3.88. The third-order valence-corrected chi connectivity index (χ3v) is 2.92. The minimum atomic E-state index is -0.284. The van der Waals surface area contributed by atoms with Crippen molar-refractivity contribution in [1.82, 2.24) is 10.1 Å². The molecule has 0 saturated heterocycles. The number of ether oxygens (including phenoxy) is 1. The number of aryl methyl sites for hydroxylation is 1. The van der Waals surface area contributed by atoms with Crippen LogP contribution in [0.25, 0.3) is 0 Å². The van der Waals surface area contributed by atoms with Crippen LogP contribution in [0.5, 0.6) is 0 Å². The van der Waals surface area contributed by atoms with Gasteiger partial charge in [0.15, 0.2) is 0 Å². The number of rotatable bonds is 4. The van der Waals surface area contributed by atoms with E-state index in [1.807, 2.05) is 0 Å². The zero-order valence-corrected chi connectivity index (χ0v) is 8.88. The molecule has 0 atom stereocenters. The first-order chi connectivity index (χ1) is 6.80. The predicted molar refractivity (Wildman–Crippen MR) is 51.3 cm³/mol. The molecule has 0 aromatic carbocycles. The van der Waals surface area contributed by atoms with Crippen molar-refractivity contribution in [3.8, 4) is 0 Å². The smallest absolute Gasteiger partial charge is 0.227 e. The van der Waals surface area contributed by atoms with E-state index >= 15 is 0 Å². The van der Waals surface area contributed by atoms with Crippen molar-refractivity contribution in [2.24, 2.45) is 0 Å². The Hall–Kier alpha value is -0.610. The second kappa shape index (κ2) is 3.87. The molecule has 0 bridgehead atoms. The standard InChI is InChI=1S/C9H13ClN2O2/c1-13-9(4-2-5-9)8-11-7(3-6-10)14-12-8/h2-6H2,1H3. The van der Waals surface area contributed by atoms with Crippen molar-refractivity contribution < 1.29 is 9.26 Å². The van der Waals surface area contributed by atoms with Crippen molar-refractivity contribution in [3.05, 3.63) is 11.7 Å². The summed E-state index contributed by atoms with van der Waals surface area (Å²) in [5, 5.41) is 3.93. The van der Waals surface area contributed by atoms with Crippen molar-refractivity contribution in [1.29, 1.82) is 0 Å². The highest BCUT2D eigenvalue weighted by molar-refractivity contribution is 6.17. The maximum Gasteiger partial charge on any atom is 0.227 e. The van der Waals surface area contributed by atoms with Crippen LogP contribution < -0.4 is 0 Å². The number of aromatic nitrogens is 2. The molecule has 1 aromatic rings. The zero-order chi connectivity index (χ0) is 10.0. The molecule has 5 heteroatoms. The fraction of sp³-hybridized carbons (Fsp3) is 0.778. The average molecular weight is 217 g/mol. The molecule has 1 heterocycles. The van der Waals surface area contributed by atoms with Crippen LogP contribution in [0.15, 0.2) is 4.52 Å². The third kappa shape index (κ3) is 1.53. The Balaban J connectivity index is 2.15. The highest BCUT2D eigenvalue weighted by atomic mass is 35.5. The fourth-order valence-electron chi connectivity index (χ4n) is 1.64. The van der Waals surface area contributed by atoms with Gasteiger partial charge in [-0.2, -0.15) is 4.98 Å². The van der Waals surface area contributed by atoms with Crippen molar-refractivity contribution >= 4 is 11.6 Å². The van der Waals surface area contributed by atoms with Crippen LogP contribution in [-0.4, -0.2) is 23.1 Å². The van der Waals surface area contributed by atoms with E-state index in [1.165, 1.54) is 0 Å². The topological polar surface area (TPSA) is 48.2 Å². The van der Waals surface area contributed by atoms with Gasteiger partial charge in [-0.15, -0.1) is 11.6 Å². The van der Waals surface area contributed by atoms with Gasteiger partial charge in [0.25, 0.3) is 0 Å². The summed E-state index contributed by atoms with van der Waals surface area (Å²) >= 11 is 5.58. The number of hydrogen-bond acceptors (Lipinski definition) is 4. The lowest BCUT2D eigenvalue weighted by atomic mass is 9.79. The molecule has 1 aliphatic rings. The molecule has 2 rings (SSSR count). The molecular weight excluding hydrogens is 204 g/mol. The van der Waals surface area contributed by atoms with Gasteiger partial charge in [-0.05, 0) is 19.3 Å². The Morgan fingerprint density at radius 2 is 2.36 bits per heavy atom. The van der Waals surface area contributed by atoms with Crippen molar-refractivity contribution in [2.75, 3.05) is 13.0 Å². The first-order valence-electron chi connectivity index (χ1n) is 4.75. The normalized spacial score (nSPS) is 19.3. The SMILES string of the molecule is COC1(c2noc(CCCl)n2)CCC1. The zero-order valence-electron chi connectivity index (χ0n) is 8.12. The van der Waals surface area contributed by atoms with E-state index in [0.717, 1.165) is 19.3 Å². The number of hydrogen-bond donors (Lipinski definition) is 0. The molecule has 1 saturated carbocycles. The quantitative estimate of drug-likeness (QED) is 0.721. The minimum Gasteiger partial charge on any atom is -0.370 e. The Morgan fingerprint density at radius 1 is 1.57 bits per heavy atom.